The summed E-state index contributed by atoms with van der Waals surface area (Å²) in [7, 11) is 2.05. The topological polar surface area (TPSA) is 43.9 Å². The maximum atomic E-state index is 13.1. The standard InChI is InChI=1S/C19H29N3O2/c1-6-22(16-9-7-8-15(2)14-16)18(24)19(3,4)17(23)21-12-10-20(5)11-13-21/h7-9,14H,6,10-13H2,1-5H3. The number of aryl methyl sites for hydroxylation is 1. The first kappa shape index (κ1) is 18.5. The van der Waals surface area contributed by atoms with Gasteiger partial charge < -0.3 is 14.7 Å². The van der Waals surface area contributed by atoms with Gasteiger partial charge >= 0.3 is 0 Å². The van der Waals surface area contributed by atoms with E-state index in [0.717, 1.165) is 24.3 Å². The van der Waals surface area contributed by atoms with Crippen LogP contribution in [-0.4, -0.2) is 61.4 Å². The highest BCUT2D eigenvalue weighted by Crippen LogP contribution is 2.27. The third kappa shape index (κ3) is 3.78. The van der Waals surface area contributed by atoms with Crippen molar-refractivity contribution in [1.29, 1.82) is 0 Å². The fraction of sp³-hybridized carbons (Fsp3) is 0.579. The Balaban J connectivity index is 2.19. The van der Waals surface area contributed by atoms with Crippen LogP contribution in [0, 0.1) is 12.3 Å². The lowest BCUT2D eigenvalue weighted by molar-refractivity contribution is -0.148. The molecule has 0 aliphatic carbocycles. The van der Waals surface area contributed by atoms with Crippen LogP contribution in [-0.2, 0) is 9.59 Å². The van der Waals surface area contributed by atoms with Crippen molar-refractivity contribution in [1.82, 2.24) is 9.80 Å². The van der Waals surface area contributed by atoms with E-state index in [2.05, 4.69) is 11.9 Å². The van der Waals surface area contributed by atoms with Gasteiger partial charge in [0.2, 0.25) is 11.8 Å². The zero-order valence-corrected chi connectivity index (χ0v) is 15.5. The Morgan fingerprint density at radius 2 is 1.79 bits per heavy atom. The highest BCUT2D eigenvalue weighted by Gasteiger charge is 2.42. The van der Waals surface area contributed by atoms with Crippen molar-refractivity contribution in [3.8, 4) is 0 Å². The lowest BCUT2D eigenvalue weighted by atomic mass is 9.88. The molecule has 0 bridgehead atoms. The summed E-state index contributed by atoms with van der Waals surface area (Å²) in [4.78, 5) is 31.8. The van der Waals surface area contributed by atoms with Gasteiger partial charge in [-0.2, -0.15) is 0 Å². The largest absolute Gasteiger partial charge is 0.339 e. The van der Waals surface area contributed by atoms with Crippen LogP contribution in [0.5, 0.6) is 0 Å². The summed E-state index contributed by atoms with van der Waals surface area (Å²) in [5.74, 6) is -0.216. The van der Waals surface area contributed by atoms with E-state index in [0.29, 0.717) is 19.6 Å². The average molecular weight is 331 g/mol. The van der Waals surface area contributed by atoms with Crippen molar-refractivity contribution in [3.05, 3.63) is 29.8 Å². The van der Waals surface area contributed by atoms with Crippen LogP contribution in [0.1, 0.15) is 26.3 Å². The van der Waals surface area contributed by atoms with Gasteiger partial charge in [-0.15, -0.1) is 0 Å². The van der Waals surface area contributed by atoms with E-state index < -0.39 is 5.41 Å². The number of carbonyl (C=O) groups excluding carboxylic acids is 2. The van der Waals surface area contributed by atoms with E-state index in [1.54, 1.807) is 18.7 Å². The minimum atomic E-state index is -1.06. The highest BCUT2D eigenvalue weighted by molar-refractivity contribution is 6.11. The molecule has 0 aromatic heterocycles. The summed E-state index contributed by atoms with van der Waals surface area (Å²) in [5, 5.41) is 0. The van der Waals surface area contributed by atoms with Crippen molar-refractivity contribution < 1.29 is 9.59 Å². The monoisotopic (exact) mass is 331 g/mol. The number of nitrogens with zero attached hydrogens (tertiary/aromatic N) is 3. The van der Waals surface area contributed by atoms with Crippen molar-refractivity contribution in [2.75, 3.05) is 44.7 Å². The number of piperazine rings is 1. The third-order valence-corrected chi connectivity index (χ3v) is 4.73. The zero-order chi connectivity index (χ0) is 17.9. The molecule has 2 amide bonds. The second-order valence-electron chi connectivity index (χ2n) is 7.11. The molecule has 1 saturated heterocycles. The molecule has 5 heteroatoms. The Bertz CT molecular complexity index is 604. The highest BCUT2D eigenvalue weighted by atomic mass is 16.2. The average Bonchev–Trinajstić information content (AvgIpc) is 2.55. The summed E-state index contributed by atoms with van der Waals surface area (Å²) < 4.78 is 0. The lowest BCUT2D eigenvalue weighted by Crippen LogP contribution is -2.55. The van der Waals surface area contributed by atoms with Gasteiger partial charge in [0.15, 0.2) is 0 Å². The van der Waals surface area contributed by atoms with Gasteiger partial charge in [0.25, 0.3) is 0 Å². The summed E-state index contributed by atoms with van der Waals surface area (Å²) in [6, 6.07) is 7.85. The molecular formula is C19H29N3O2. The molecule has 0 atom stereocenters. The summed E-state index contributed by atoms with van der Waals surface area (Å²) in [6.07, 6.45) is 0. The first-order valence-corrected chi connectivity index (χ1v) is 8.64. The van der Waals surface area contributed by atoms with Crippen LogP contribution in [0.15, 0.2) is 24.3 Å². The fourth-order valence-corrected chi connectivity index (χ4v) is 3.07. The Morgan fingerprint density at radius 3 is 2.33 bits per heavy atom. The first-order valence-electron chi connectivity index (χ1n) is 8.64. The maximum absolute atomic E-state index is 13.1. The quantitative estimate of drug-likeness (QED) is 0.794. The molecule has 0 radical (unpaired) electrons. The van der Waals surface area contributed by atoms with Crippen molar-refractivity contribution in [2.24, 2.45) is 5.41 Å². The van der Waals surface area contributed by atoms with E-state index in [1.165, 1.54) is 0 Å². The van der Waals surface area contributed by atoms with Crippen LogP contribution >= 0.6 is 0 Å². The number of rotatable bonds is 4. The number of hydrogen-bond acceptors (Lipinski definition) is 3. The SMILES string of the molecule is CCN(C(=O)C(C)(C)C(=O)N1CCN(C)CC1)c1cccc(C)c1. The Labute approximate surface area is 145 Å². The van der Waals surface area contributed by atoms with Crippen LogP contribution in [0.2, 0.25) is 0 Å². The van der Waals surface area contributed by atoms with Crippen molar-refractivity contribution in [2.45, 2.75) is 27.7 Å². The number of hydrogen-bond donors (Lipinski definition) is 0. The molecular weight excluding hydrogens is 302 g/mol. The molecule has 1 aliphatic rings. The molecule has 5 nitrogen and oxygen atoms in total. The first-order chi connectivity index (χ1) is 11.3. The molecule has 0 unspecified atom stereocenters. The smallest absolute Gasteiger partial charge is 0.242 e. The van der Waals surface area contributed by atoms with Gasteiger partial charge in [0, 0.05) is 38.4 Å². The van der Waals surface area contributed by atoms with Crippen LogP contribution in [0.4, 0.5) is 5.69 Å². The normalized spacial score (nSPS) is 16.1. The molecule has 132 valence electrons. The van der Waals surface area contributed by atoms with Crippen molar-refractivity contribution >= 4 is 17.5 Å². The summed E-state index contributed by atoms with van der Waals surface area (Å²) >= 11 is 0. The Hall–Kier alpha value is -1.88. The molecule has 1 aromatic rings. The van der Waals surface area contributed by atoms with Gasteiger partial charge in [0.1, 0.15) is 5.41 Å². The van der Waals surface area contributed by atoms with Crippen LogP contribution in [0.3, 0.4) is 0 Å². The Morgan fingerprint density at radius 1 is 1.17 bits per heavy atom. The summed E-state index contributed by atoms with van der Waals surface area (Å²) in [6.45, 7) is 11.0. The summed E-state index contributed by atoms with van der Waals surface area (Å²) in [5.41, 5.74) is 0.888. The molecule has 1 heterocycles. The van der Waals surface area contributed by atoms with Gasteiger partial charge in [-0.3, -0.25) is 9.59 Å². The molecule has 24 heavy (non-hydrogen) atoms. The minimum absolute atomic E-state index is 0.0771. The molecule has 2 rings (SSSR count). The van der Waals surface area contributed by atoms with Gasteiger partial charge in [0.05, 0.1) is 0 Å². The van der Waals surface area contributed by atoms with Crippen LogP contribution in [0.25, 0.3) is 0 Å². The van der Waals surface area contributed by atoms with Crippen LogP contribution < -0.4 is 4.90 Å². The van der Waals surface area contributed by atoms with E-state index in [-0.39, 0.29) is 11.8 Å². The lowest BCUT2D eigenvalue weighted by Gasteiger charge is -2.38. The Kier molecular flexibility index (Phi) is 5.65. The number of carbonyl (C=O) groups is 2. The number of benzene rings is 1. The van der Waals surface area contributed by atoms with Gasteiger partial charge in [-0.25, -0.2) is 0 Å². The predicted molar refractivity (Wildman–Crippen MR) is 97.1 cm³/mol. The maximum Gasteiger partial charge on any atom is 0.242 e. The van der Waals surface area contributed by atoms with E-state index in [1.807, 2.05) is 43.0 Å². The van der Waals surface area contributed by atoms with E-state index in [4.69, 9.17) is 0 Å². The second kappa shape index (κ2) is 7.34. The van der Waals surface area contributed by atoms with Crippen molar-refractivity contribution in [3.63, 3.8) is 0 Å². The predicted octanol–water partition coefficient (Wildman–Crippen LogP) is 2.15. The third-order valence-electron chi connectivity index (χ3n) is 4.73. The molecule has 1 aliphatic heterocycles. The molecule has 0 N–H and O–H groups in total. The molecule has 0 saturated carbocycles. The number of amides is 2. The van der Waals surface area contributed by atoms with Gasteiger partial charge in [-0.1, -0.05) is 12.1 Å². The van der Waals surface area contributed by atoms with E-state index in [9.17, 15) is 9.59 Å². The molecule has 1 aromatic carbocycles. The number of likely N-dealkylation sites (N-methyl/N-ethyl adjacent to an activating group) is 1. The zero-order valence-electron chi connectivity index (χ0n) is 15.5. The fourth-order valence-electron chi connectivity index (χ4n) is 3.07. The second-order valence-corrected chi connectivity index (χ2v) is 7.11. The van der Waals surface area contributed by atoms with Gasteiger partial charge in [-0.05, 0) is 52.4 Å². The molecule has 1 fully saturated rings. The number of anilines is 1. The van der Waals surface area contributed by atoms with E-state index >= 15 is 0 Å². The minimum Gasteiger partial charge on any atom is -0.339 e. The molecule has 0 spiro atoms.